The molecule has 0 aliphatic carbocycles. The van der Waals surface area contributed by atoms with Crippen LogP contribution in [0.15, 0.2) is 40.5 Å². The molecule has 21 heavy (non-hydrogen) atoms. The van der Waals surface area contributed by atoms with Crippen LogP contribution in [0, 0.1) is 11.8 Å². The first-order valence-corrected chi connectivity index (χ1v) is 8.19. The normalized spacial score (nSPS) is 10.5. The number of hydrogen-bond donors (Lipinski definition) is 1. The summed E-state index contributed by atoms with van der Waals surface area (Å²) in [7, 11) is 0. The van der Waals surface area contributed by atoms with Gasteiger partial charge in [-0.25, -0.2) is 0 Å². The number of hydrogen-bond acceptors (Lipinski definition) is 4. The number of benzene rings is 1. The lowest BCUT2D eigenvalue weighted by Gasteiger charge is -1.95. The second-order valence-electron chi connectivity index (χ2n) is 4.51. The maximum Gasteiger partial charge on any atom is 0.268 e. The summed E-state index contributed by atoms with van der Waals surface area (Å²) in [6.07, 6.45) is 0.487. The largest absolute Gasteiger partial charge is 0.395 e. The summed E-state index contributed by atoms with van der Waals surface area (Å²) in [5.74, 6) is 5.91. The lowest BCUT2D eigenvalue weighted by Crippen LogP contribution is -2.12. The fraction of sp³-hybridized carbons (Fsp3) is 0.188. The monoisotopic (exact) mass is 315 g/mol. The molecular formula is C16H13NO2S2. The van der Waals surface area contributed by atoms with Crippen molar-refractivity contribution in [2.45, 2.75) is 13.0 Å². The third kappa shape index (κ3) is 3.08. The zero-order valence-corrected chi connectivity index (χ0v) is 12.8. The molecular weight excluding hydrogens is 302 g/mol. The van der Waals surface area contributed by atoms with Crippen LogP contribution in [0.25, 0.3) is 10.1 Å². The van der Waals surface area contributed by atoms with Gasteiger partial charge in [0.15, 0.2) is 0 Å². The van der Waals surface area contributed by atoms with E-state index in [2.05, 4.69) is 11.8 Å². The van der Waals surface area contributed by atoms with Gasteiger partial charge < -0.3 is 5.11 Å². The molecule has 106 valence electrons. The average molecular weight is 315 g/mol. The smallest absolute Gasteiger partial charge is 0.268 e. The van der Waals surface area contributed by atoms with Gasteiger partial charge in [0.05, 0.1) is 23.2 Å². The number of nitrogens with zero attached hydrogens (tertiary/aromatic N) is 1. The maximum absolute atomic E-state index is 12.3. The van der Waals surface area contributed by atoms with Crippen molar-refractivity contribution in [2.75, 3.05) is 6.61 Å². The van der Waals surface area contributed by atoms with Crippen LogP contribution in [0.2, 0.25) is 0 Å². The molecule has 0 aliphatic rings. The van der Waals surface area contributed by atoms with Crippen LogP contribution in [0.1, 0.15) is 16.9 Å². The Bertz CT molecular complexity index is 877. The summed E-state index contributed by atoms with van der Waals surface area (Å²) in [4.78, 5) is 13.4. The van der Waals surface area contributed by atoms with Crippen molar-refractivity contribution in [3.63, 3.8) is 0 Å². The molecule has 3 rings (SSSR count). The molecule has 0 bridgehead atoms. The summed E-state index contributed by atoms with van der Waals surface area (Å²) in [5.41, 5.74) is 1.01. The fourth-order valence-electron chi connectivity index (χ4n) is 2.01. The Hall–Kier alpha value is -1.87. The van der Waals surface area contributed by atoms with Crippen LogP contribution in [0.5, 0.6) is 0 Å². The first-order valence-electron chi connectivity index (χ1n) is 6.54. The van der Waals surface area contributed by atoms with E-state index in [0.29, 0.717) is 13.0 Å². The molecule has 0 saturated heterocycles. The van der Waals surface area contributed by atoms with Crippen molar-refractivity contribution >= 4 is 33.0 Å². The van der Waals surface area contributed by atoms with E-state index in [1.165, 1.54) is 11.5 Å². The van der Waals surface area contributed by atoms with Crippen molar-refractivity contribution < 1.29 is 5.11 Å². The molecule has 0 aliphatic heterocycles. The number of fused-ring (bicyclic) bond motifs is 1. The number of aliphatic hydroxyl groups excluding tert-OH is 1. The third-order valence-corrected chi connectivity index (χ3v) is 4.96. The Kier molecular flexibility index (Phi) is 4.20. The molecule has 2 aromatic heterocycles. The number of rotatable bonds is 3. The zero-order valence-electron chi connectivity index (χ0n) is 11.2. The van der Waals surface area contributed by atoms with Gasteiger partial charge in [0.2, 0.25) is 0 Å². The van der Waals surface area contributed by atoms with Crippen molar-refractivity contribution in [3.8, 4) is 11.8 Å². The predicted octanol–water partition coefficient (Wildman–Crippen LogP) is 2.91. The summed E-state index contributed by atoms with van der Waals surface area (Å²) >= 11 is 3.09. The number of thiophene rings is 1. The first-order chi connectivity index (χ1) is 10.3. The van der Waals surface area contributed by atoms with Crippen molar-refractivity contribution in [3.05, 3.63) is 56.5 Å². The quantitative estimate of drug-likeness (QED) is 0.755. The Labute approximate surface area is 130 Å². The van der Waals surface area contributed by atoms with Crippen LogP contribution in [0.4, 0.5) is 0 Å². The van der Waals surface area contributed by atoms with E-state index in [-0.39, 0.29) is 12.2 Å². The molecule has 0 saturated carbocycles. The molecule has 3 aromatic rings. The predicted molar refractivity (Wildman–Crippen MR) is 88.1 cm³/mol. The summed E-state index contributed by atoms with van der Waals surface area (Å²) in [6, 6.07) is 9.68. The lowest BCUT2D eigenvalue weighted by molar-refractivity contribution is 0.305. The van der Waals surface area contributed by atoms with Crippen molar-refractivity contribution in [1.29, 1.82) is 0 Å². The van der Waals surface area contributed by atoms with E-state index < -0.39 is 0 Å². The van der Waals surface area contributed by atoms with Crippen LogP contribution in [-0.2, 0) is 6.54 Å². The first kappa shape index (κ1) is 14.1. The third-order valence-electron chi connectivity index (χ3n) is 2.98. The maximum atomic E-state index is 12.3. The van der Waals surface area contributed by atoms with E-state index >= 15 is 0 Å². The van der Waals surface area contributed by atoms with Crippen LogP contribution in [0.3, 0.4) is 0 Å². The minimum atomic E-state index is 0.0666. The van der Waals surface area contributed by atoms with E-state index in [1.54, 1.807) is 15.3 Å². The molecule has 0 spiro atoms. The van der Waals surface area contributed by atoms with Gasteiger partial charge in [0.25, 0.3) is 5.56 Å². The molecule has 2 heterocycles. The lowest BCUT2D eigenvalue weighted by atomic mass is 10.3. The average Bonchev–Trinajstić information content (AvgIpc) is 3.06. The van der Waals surface area contributed by atoms with E-state index in [1.807, 2.05) is 35.7 Å². The molecule has 0 radical (unpaired) electrons. The number of aromatic nitrogens is 1. The highest BCUT2D eigenvalue weighted by atomic mass is 32.1. The zero-order chi connectivity index (χ0) is 14.7. The Morgan fingerprint density at radius 3 is 2.95 bits per heavy atom. The summed E-state index contributed by atoms with van der Waals surface area (Å²) < 4.78 is 2.79. The van der Waals surface area contributed by atoms with Crippen LogP contribution in [-0.4, -0.2) is 15.7 Å². The molecule has 0 atom stereocenters. The fourth-order valence-corrected chi connectivity index (χ4v) is 3.91. The highest BCUT2D eigenvalue weighted by molar-refractivity contribution is 7.14. The highest BCUT2D eigenvalue weighted by Crippen LogP contribution is 2.20. The second-order valence-corrected chi connectivity index (χ2v) is 6.57. The Balaban J connectivity index is 1.84. The Morgan fingerprint density at radius 2 is 2.14 bits per heavy atom. The van der Waals surface area contributed by atoms with Gasteiger partial charge in [0.1, 0.15) is 0 Å². The minimum Gasteiger partial charge on any atom is -0.395 e. The molecule has 1 N–H and O–H groups in total. The van der Waals surface area contributed by atoms with E-state index in [0.717, 1.165) is 20.5 Å². The molecule has 3 nitrogen and oxygen atoms in total. The minimum absolute atomic E-state index is 0.0666. The Morgan fingerprint density at radius 1 is 1.29 bits per heavy atom. The topological polar surface area (TPSA) is 42.2 Å². The van der Waals surface area contributed by atoms with Gasteiger partial charge in [-0.2, -0.15) is 0 Å². The van der Waals surface area contributed by atoms with Gasteiger partial charge in [-0.1, -0.05) is 35.5 Å². The van der Waals surface area contributed by atoms with Gasteiger partial charge >= 0.3 is 0 Å². The van der Waals surface area contributed by atoms with Gasteiger partial charge in [-0.05, 0) is 18.2 Å². The molecule has 0 unspecified atom stereocenters. The second kappa shape index (κ2) is 6.27. The van der Waals surface area contributed by atoms with Crippen molar-refractivity contribution in [1.82, 2.24) is 3.96 Å². The van der Waals surface area contributed by atoms with Crippen molar-refractivity contribution in [2.24, 2.45) is 0 Å². The van der Waals surface area contributed by atoms with E-state index in [9.17, 15) is 4.79 Å². The molecule has 0 amide bonds. The SMILES string of the molecule is O=c1c2ccccc2sn1Cc1cc(C#CCCO)cs1. The summed E-state index contributed by atoms with van der Waals surface area (Å²) in [6.45, 7) is 0.672. The van der Waals surface area contributed by atoms with Crippen LogP contribution < -0.4 is 5.56 Å². The van der Waals surface area contributed by atoms with Crippen LogP contribution >= 0.6 is 22.9 Å². The van der Waals surface area contributed by atoms with Gasteiger partial charge in [-0.15, -0.1) is 11.3 Å². The number of aliphatic hydroxyl groups is 1. The standard InChI is InChI=1S/C16H13NO2S2/c18-8-4-3-5-12-9-13(20-11-12)10-17-16(19)14-6-1-2-7-15(14)21-17/h1-2,6-7,9,11,18H,4,8,10H2. The molecule has 0 fully saturated rings. The molecule has 5 heteroatoms. The molecule has 1 aromatic carbocycles. The van der Waals surface area contributed by atoms with Gasteiger partial charge in [0, 0.05) is 22.2 Å². The highest BCUT2D eigenvalue weighted by Gasteiger charge is 2.08. The summed E-state index contributed by atoms with van der Waals surface area (Å²) in [5, 5.41) is 11.5. The van der Waals surface area contributed by atoms with Gasteiger partial charge in [-0.3, -0.25) is 8.75 Å². The van der Waals surface area contributed by atoms with E-state index in [4.69, 9.17) is 5.11 Å².